The fourth-order valence-corrected chi connectivity index (χ4v) is 4.62. The Hall–Kier alpha value is -2.25. The van der Waals surface area contributed by atoms with Gasteiger partial charge in [-0.25, -0.2) is 4.68 Å². The van der Waals surface area contributed by atoms with Crippen LogP contribution in [0.1, 0.15) is 60.4 Å². The SMILES string of the molecule is CCC(CC)N1CCC2(C1)Cn1nnc(CNC(=O)c3cccc(C)c3)c1CO2. The Bertz CT molecular complexity index is 876. The molecule has 1 N–H and O–H groups in total. The van der Waals surface area contributed by atoms with Crippen molar-refractivity contribution in [3.05, 3.63) is 46.8 Å². The lowest BCUT2D eigenvalue weighted by atomic mass is 10.0. The molecule has 29 heavy (non-hydrogen) atoms. The molecule has 4 rings (SSSR count). The van der Waals surface area contributed by atoms with E-state index in [0.717, 1.165) is 43.0 Å². The molecule has 0 radical (unpaired) electrons. The van der Waals surface area contributed by atoms with Crippen molar-refractivity contribution >= 4 is 5.91 Å². The van der Waals surface area contributed by atoms with E-state index in [9.17, 15) is 4.79 Å². The second-order valence-electron chi connectivity index (χ2n) is 8.36. The van der Waals surface area contributed by atoms with Gasteiger partial charge < -0.3 is 10.1 Å². The minimum Gasteiger partial charge on any atom is -0.365 e. The van der Waals surface area contributed by atoms with E-state index >= 15 is 0 Å². The second-order valence-corrected chi connectivity index (χ2v) is 8.36. The molecule has 0 saturated carbocycles. The number of likely N-dealkylation sites (tertiary alicyclic amines) is 1. The van der Waals surface area contributed by atoms with Gasteiger partial charge in [-0.05, 0) is 38.3 Å². The highest BCUT2D eigenvalue weighted by Gasteiger charge is 2.44. The van der Waals surface area contributed by atoms with Gasteiger partial charge in [-0.15, -0.1) is 5.10 Å². The van der Waals surface area contributed by atoms with Crippen LogP contribution in [0.4, 0.5) is 0 Å². The average Bonchev–Trinajstić information content (AvgIpc) is 3.31. The Morgan fingerprint density at radius 1 is 1.31 bits per heavy atom. The van der Waals surface area contributed by atoms with E-state index in [4.69, 9.17) is 4.74 Å². The lowest BCUT2D eigenvalue weighted by molar-refractivity contribution is -0.0859. The first-order chi connectivity index (χ1) is 14.0. The Balaban J connectivity index is 1.39. The molecule has 2 aromatic rings. The monoisotopic (exact) mass is 397 g/mol. The van der Waals surface area contributed by atoms with Crippen molar-refractivity contribution < 1.29 is 9.53 Å². The predicted octanol–water partition coefficient (Wildman–Crippen LogP) is 2.68. The van der Waals surface area contributed by atoms with Gasteiger partial charge >= 0.3 is 0 Å². The predicted molar refractivity (Wildman–Crippen MR) is 110 cm³/mol. The molecule has 156 valence electrons. The maximum Gasteiger partial charge on any atom is 0.251 e. The molecule has 1 amide bonds. The van der Waals surface area contributed by atoms with Crippen LogP contribution in [0.5, 0.6) is 0 Å². The molecule has 3 heterocycles. The topological polar surface area (TPSA) is 72.3 Å². The number of ether oxygens (including phenoxy) is 1. The Kier molecular flexibility index (Phi) is 5.69. The maximum absolute atomic E-state index is 12.4. The normalized spacial score (nSPS) is 21.7. The van der Waals surface area contributed by atoms with Gasteiger partial charge in [0.2, 0.25) is 0 Å². The molecule has 0 aliphatic carbocycles. The second kappa shape index (κ2) is 8.24. The van der Waals surface area contributed by atoms with Crippen molar-refractivity contribution in [2.45, 2.75) is 71.4 Å². The molecule has 0 bridgehead atoms. The average molecular weight is 398 g/mol. The lowest BCUT2D eigenvalue weighted by Crippen LogP contribution is -2.46. The van der Waals surface area contributed by atoms with Gasteiger partial charge in [-0.1, -0.05) is 36.8 Å². The van der Waals surface area contributed by atoms with E-state index in [2.05, 4.69) is 34.4 Å². The van der Waals surface area contributed by atoms with Gasteiger partial charge in [0, 0.05) is 24.7 Å². The number of rotatable bonds is 6. The first-order valence-electron chi connectivity index (χ1n) is 10.7. The minimum absolute atomic E-state index is 0.0970. The van der Waals surface area contributed by atoms with Gasteiger partial charge in [0.05, 0.1) is 25.4 Å². The first kappa shape index (κ1) is 20.0. The highest BCUT2D eigenvalue weighted by atomic mass is 16.5. The van der Waals surface area contributed by atoms with Crippen LogP contribution in [-0.4, -0.2) is 50.5 Å². The summed E-state index contributed by atoms with van der Waals surface area (Å²) in [6.45, 7) is 10.1. The number of hydrogen-bond acceptors (Lipinski definition) is 5. The van der Waals surface area contributed by atoms with Gasteiger partial charge in [0.1, 0.15) is 11.3 Å². The summed E-state index contributed by atoms with van der Waals surface area (Å²) < 4.78 is 8.35. The fraction of sp³-hybridized carbons (Fsp3) is 0.591. The summed E-state index contributed by atoms with van der Waals surface area (Å²) in [5.41, 5.74) is 3.33. The molecule has 2 aliphatic heterocycles. The number of nitrogens with one attached hydrogen (secondary N) is 1. The summed E-state index contributed by atoms with van der Waals surface area (Å²) in [6.07, 6.45) is 3.38. The van der Waals surface area contributed by atoms with Crippen LogP contribution < -0.4 is 5.32 Å². The Morgan fingerprint density at radius 2 is 2.14 bits per heavy atom. The zero-order valence-electron chi connectivity index (χ0n) is 17.6. The van der Waals surface area contributed by atoms with Crippen LogP contribution in [0.3, 0.4) is 0 Å². The number of aromatic nitrogens is 3. The number of amides is 1. The number of hydrogen-bond donors (Lipinski definition) is 1. The van der Waals surface area contributed by atoms with Crippen LogP contribution in [0.15, 0.2) is 24.3 Å². The largest absolute Gasteiger partial charge is 0.365 e. The van der Waals surface area contributed by atoms with Crippen molar-refractivity contribution in [2.75, 3.05) is 13.1 Å². The summed E-state index contributed by atoms with van der Waals surface area (Å²) in [5.74, 6) is -0.0970. The smallest absolute Gasteiger partial charge is 0.251 e. The molecular weight excluding hydrogens is 366 g/mol. The third kappa shape index (κ3) is 4.07. The minimum atomic E-state index is -0.161. The number of carbonyl (C=O) groups excluding carboxylic acids is 1. The molecule has 1 atom stereocenters. The van der Waals surface area contributed by atoms with E-state index in [1.54, 1.807) is 0 Å². The fourth-order valence-electron chi connectivity index (χ4n) is 4.62. The Morgan fingerprint density at radius 3 is 2.90 bits per heavy atom. The highest BCUT2D eigenvalue weighted by molar-refractivity contribution is 5.94. The number of nitrogens with zero attached hydrogens (tertiary/aromatic N) is 4. The third-order valence-corrected chi connectivity index (χ3v) is 6.37. The third-order valence-electron chi connectivity index (χ3n) is 6.37. The summed E-state index contributed by atoms with van der Waals surface area (Å²) in [4.78, 5) is 15.0. The van der Waals surface area contributed by atoms with E-state index in [0.29, 0.717) is 24.8 Å². The van der Waals surface area contributed by atoms with E-state index in [1.165, 1.54) is 12.8 Å². The quantitative estimate of drug-likeness (QED) is 0.811. The molecule has 2 aliphatic rings. The van der Waals surface area contributed by atoms with Gasteiger partial charge in [0.15, 0.2) is 0 Å². The van der Waals surface area contributed by atoms with Crippen molar-refractivity contribution in [1.29, 1.82) is 0 Å². The number of benzene rings is 1. The molecule has 7 heteroatoms. The molecule has 7 nitrogen and oxygen atoms in total. The molecule has 1 spiro atoms. The molecule has 1 aromatic carbocycles. The van der Waals surface area contributed by atoms with E-state index in [-0.39, 0.29) is 11.5 Å². The standard InChI is InChI=1S/C22H31N5O2/c1-4-18(5-2)26-10-9-22(14-26)15-27-20(13-29-22)19(24-25-27)12-23-21(28)17-8-6-7-16(3)11-17/h6-8,11,18H,4-5,9-10,12-15H2,1-3H3,(H,23,28). The van der Waals surface area contributed by atoms with E-state index in [1.807, 2.05) is 35.9 Å². The molecule has 1 fully saturated rings. The summed E-state index contributed by atoms with van der Waals surface area (Å²) >= 11 is 0. The molecule has 1 unspecified atom stereocenters. The highest BCUT2D eigenvalue weighted by Crippen LogP contribution is 2.34. The van der Waals surface area contributed by atoms with Crippen LogP contribution in [0.25, 0.3) is 0 Å². The van der Waals surface area contributed by atoms with Crippen molar-refractivity contribution in [1.82, 2.24) is 25.2 Å². The van der Waals surface area contributed by atoms with Crippen molar-refractivity contribution in [3.8, 4) is 0 Å². The summed E-state index contributed by atoms with van der Waals surface area (Å²) in [5, 5.41) is 11.7. The molecule has 1 aromatic heterocycles. The molecule has 1 saturated heterocycles. The van der Waals surface area contributed by atoms with Gasteiger partial charge in [0.25, 0.3) is 5.91 Å². The molecular formula is C22H31N5O2. The van der Waals surface area contributed by atoms with Gasteiger partial charge in [-0.3, -0.25) is 9.69 Å². The van der Waals surface area contributed by atoms with E-state index < -0.39 is 0 Å². The van der Waals surface area contributed by atoms with Crippen molar-refractivity contribution in [2.24, 2.45) is 0 Å². The number of fused-ring (bicyclic) bond motifs is 1. The zero-order chi connectivity index (χ0) is 20.4. The number of carbonyl (C=O) groups is 1. The van der Waals surface area contributed by atoms with Crippen LogP contribution in [0.2, 0.25) is 0 Å². The first-order valence-corrected chi connectivity index (χ1v) is 10.7. The van der Waals surface area contributed by atoms with Crippen LogP contribution in [-0.2, 0) is 24.4 Å². The zero-order valence-corrected chi connectivity index (χ0v) is 17.6. The lowest BCUT2D eigenvalue weighted by Gasteiger charge is -2.35. The van der Waals surface area contributed by atoms with Crippen LogP contribution in [0, 0.1) is 6.92 Å². The number of aryl methyl sites for hydroxylation is 1. The van der Waals surface area contributed by atoms with Gasteiger partial charge in [-0.2, -0.15) is 0 Å². The summed E-state index contributed by atoms with van der Waals surface area (Å²) in [6, 6.07) is 8.20. The van der Waals surface area contributed by atoms with Crippen LogP contribution >= 0.6 is 0 Å². The summed E-state index contributed by atoms with van der Waals surface area (Å²) in [7, 11) is 0. The van der Waals surface area contributed by atoms with Crippen molar-refractivity contribution in [3.63, 3.8) is 0 Å². The Labute approximate surface area is 172 Å². The maximum atomic E-state index is 12.4.